The van der Waals surface area contributed by atoms with Crippen molar-refractivity contribution in [2.75, 3.05) is 7.11 Å². The molecule has 2 rings (SSSR count). The maximum atomic E-state index is 12.2. The highest BCUT2D eigenvalue weighted by molar-refractivity contribution is 5.58. The van der Waals surface area contributed by atoms with Gasteiger partial charge in [-0.3, -0.25) is 9.36 Å². The van der Waals surface area contributed by atoms with Crippen LogP contribution in [-0.4, -0.2) is 22.9 Å². The molecule has 0 aliphatic heterocycles. The number of ether oxygens (including phenoxy) is 1. The average molecular weight is 258 g/mol. The van der Waals surface area contributed by atoms with Crippen molar-refractivity contribution >= 4 is 6.29 Å². The van der Waals surface area contributed by atoms with Gasteiger partial charge in [0, 0.05) is 18.9 Å². The Bertz CT molecular complexity index is 620. The minimum atomic E-state index is -0.247. The van der Waals surface area contributed by atoms with Crippen LogP contribution in [0.25, 0.3) is 11.4 Å². The largest absolute Gasteiger partial charge is 0.380 e. The summed E-state index contributed by atoms with van der Waals surface area (Å²) in [5, 5.41) is 0. The molecule has 0 atom stereocenters. The van der Waals surface area contributed by atoms with Crippen LogP contribution in [0.3, 0.4) is 0 Å². The van der Waals surface area contributed by atoms with E-state index in [1.165, 1.54) is 17.9 Å². The lowest BCUT2D eigenvalue weighted by atomic mass is 10.2. The molecule has 0 spiro atoms. The number of nitrogens with zero attached hydrogens (tertiary/aromatic N) is 2. The molecule has 0 N–H and O–H groups in total. The lowest BCUT2D eigenvalue weighted by Gasteiger charge is -2.11. The van der Waals surface area contributed by atoms with E-state index in [0.29, 0.717) is 17.7 Å². The fraction of sp³-hybridized carbons (Fsp3) is 0.214. The Morgan fingerprint density at radius 2 is 2.05 bits per heavy atom. The molecular weight excluding hydrogens is 244 g/mol. The van der Waals surface area contributed by atoms with Crippen LogP contribution in [-0.2, 0) is 22.7 Å². The van der Waals surface area contributed by atoms with Crippen molar-refractivity contribution in [1.82, 2.24) is 9.55 Å². The number of aromatic nitrogens is 2. The van der Waals surface area contributed by atoms with Crippen molar-refractivity contribution in [3.8, 4) is 11.4 Å². The Morgan fingerprint density at radius 1 is 1.32 bits per heavy atom. The van der Waals surface area contributed by atoms with Gasteiger partial charge in [0.25, 0.3) is 5.56 Å². The van der Waals surface area contributed by atoms with Gasteiger partial charge < -0.3 is 9.53 Å². The Kier molecular flexibility index (Phi) is 4.20. The van der Waals surface area contributed by atoms with Gasteiger partial charge in [0.05, 0.1) is 18.7 Å². The minimum Gasteiger partial charge on any atom is -0.380 e. The summed E-state index contributed by atoms with van der Waals surface area (Å²) < 4.78 is 6.30. The Hall–Kier alpha value is -2.27. The third kappa shape index (κ3) is 2.77. The zero-order valence-electron chi connectivity index (χ0n) is 10.6. The van der Waals surface area contributed by atoms with Crippen LogP contribution in [0, 0.1) is 0 Å². The fourth-order valence-corrected chi connectivity index (χ4v) is 1.85. The van der Waals surface area contributed by atoms with Crippen LogP contribution in [0.1, 0.15) is 5.56 Å². The minimum absolute atomic E-state index is 0.0202. The number of methoxy groups -OCH3 is 1. The molecule has 1 aromatic heterocycles. The maximum absolute atomic E-state index is 12.2. The second-order valence-corrected chi connectivity index (χ2v) is 3.99. The average Bonchev–Trinajstić information content (AvgIpc) is 2.45. The molecule has 0 radical (unpaired) electrons. The smallest absolute Gasteiger partial charge is 0.259 e. The highest BCUT2D eigenvalue weighted by Gasteiger charge is 2.11. The zero-order chi connectivity index (χ0) is 13.7. The van der Waals surface area contributed by atoms with Crippen LogP contribution < -0.4 is 5.56 Å². The fourth-order valence-electron chi connectivity index (χ4n) is 1.85. The summed E-state index contributed by atoms with van der Waals surface area (Å²) >= 11 is 0. The van der Waals surface area contributed by atoms with E-state index in [9.17, 15) is 9.59 Å². The molecule has 2 aromatic rings. The molecule has 0 aliphatic rings. The third-order valence-corrected chi connectivity index (χ3v) is 2.71. The lowest BCUT2D eigenvalue weighted by molar-refractivity contribution is -0.108. The predicted octanol–water partition coefficient (Wildman–Crippen LogP) is 1.26. The van der Waals surface area contributed by atoms with Gasteiger partial charge in [0.1, 0.15) is 12.1 Å². The molecule has 98 valence electrons. The Morgan fingerprint density at radius 3 is 2.68 bits per heavy atom. The summed E-state index contributed by atoms with van der Waals surface area (Å²) in [6.45, 7) is 0.160. The number of hydrogen-bond acceptors (Lipinski definition) is 4. The Labute approximate surface area is 110 Å². The molecular formula is C14H14N2O3. The molecule has 0 saturated carbocycles. The highest BCUT2D eigenvalue weighted by atomic mass is 16.5. The number of carbonyl (C=O) groups is 1. The van der Waals surface area contributed by atoms with E-state index in [4.69, 9.17) is 4.74 Å². The molecule has 1 heterocycles. The first kappa shape index (κ1) is 13.2. The molecule has 0 fully saturated rings. The van der Waals surface area contributed by atoms with Gasteiger partial charge in [0.15, 0.2) is 0 Å². The maximum Gasteiger partial charge on any atom is 0.259 e. The second-order valence-electron chi connectivity index (χ2n) is 3.99. The van der Waals surface area contributed by atoms with Crippen LogP contribution in [0.2, 0.25) is 0 Å². The van der Waals surface area contributed by atoms with E-state index in [-0.39, 0.29) is 18.7 Å². The van der Waals surface area contributed by atoms with Gasteiger partial charge in [-0.05, 0) is 0 Å². The van der Waals surface area contributed by atoms with Crippen LogP contribution >= 0.6 is 0 Å². The molecule has 0 amide bonds. The van der Waals surface area contributed by atoms with Crippen LogP contribution in [0.15, 0.2) is 41.3 Å². The van der Waals surface area contributed by atoms with E-state index in [0.717, 1.165) is 5.56 Å². The molecule has 0 saturated heterocycles. The van der Waals surface area contributed by atoms with Crippen molar-refractivity contribution in [2.45, 2.75) is 13.2 Å². The number of aldehydes is 1. The van der Waals surface area contributed by atoms with Gasteiger partial charge >= 0.3 is 0 Å². The topological polar surface area (TPSA) is 61.2 Å². The quantitative estimate of drug-likeness (QED) is 0.757. The molecule has 0 unspecified atom stereocenters. The van der Waals surface area contributed by atoms with Crippen molar-refractivity contribution in [3.05, 3.63) is 52.4 Å². The molecule has 19 heavy (non-hydrogen) atoms. The Balaban J connectivity index is 2.59. The normalized spacial score (nSPS) is 10.4. The molecule has 5 nitrogen and oxygen atoms in total. The highest BCUT2D eigenvalue weighted by Crippen LogP contribution is 2.14. The lowest BCUT2D eigenvalue weighted by Crippen LogP contribution is -2.27. The number of rotatable bonds is 5. The summed E-state index contributed by atoms with van der Waals surface area (Å²) in [4.78, 5) is 27.3. The predicted molar refractivity (Wildman–Crippen MR) is 70.7 cm³/mol. The first-order valence-corrected chi connectivity index (χ1v) is 5.84. The molecule has 0 bridgehead atoms. The standard InChI is InChI=1S/C14H14N2O3/c1-19-10-12-9-15-13(11-5-3-2-4-6-11)16(7-8-17)14(12)18/h2-6,8-9H,7,10H2,1H3. The second kappa shape index (κ2) is 6.06. The third-order valence-electron chi connectivity index (χ3n) is 2.71. The van der Waals surface area contributed by atoms with E-state index < -0.39 is 0 Å². The van der Waals surface area contributed by atoms with Gasteiger partial charge in [0.2, 0.25) is 0 Å². The van der Waals surface area contributed by atoms with Gasteiger partial charge in [-0.2, -0.15) is 0 Å². The van der Waals surface area contributed by atoms with Crippen LogP contribution in [0.5, 0.6) is 0 Å². The molecule has 1 aromatic carbocycles. The summed E-state index contributed by atoms with van der Waals surface area (Å²) in [7, 11) is 1.51. The summed E-state index contributed by atoms with van der Waals surface area (Å²) in [5.41, 5.74) is 0.984. The zero-order valence-corrected chi connectivity index (χ0v) is 10.6. The summed E-state index contributed by atoms with van der Waals surface area (Å²) in [6, 6.07) is 9.29. The molecule has 5 heteroatoms. The number of carbonyl (C=O) groups excluding carboxylic acids is 1. The van der Waals surface area contributed by atoms with E-state index in [1.54, 1.807) is 0 Å². The van der Waals surface area contributed by atoms with Crippen molar-refractivity contribution in [1.29, 1.82) is 0 Å². The molecule has 0 aliphatic carbocycles. The van der Waals surface area contributed by atoms with Crippen LogP contribution in [0.4, 0.5) is 0 Å². The van der Waals surface area contributed by atoms with E-state index in [2.05, 4.69) is 4.98 Å². The number of benzene rings is 1. The summed E-state index contributed by atoms with van der Waals surface area (Å²) in [5.74, 6) is 0.484. The van der Waals surface area contributed by atoms with E-state index in [1.807, 2.05) is 30.3 Å². The van der Waals surface area contributed by atoms with Crippen molar-refractivity contribution < 1.29 is 9.53 Å². The van der Waals surface area contributed by atoms with Gasteiger partial charge in [-0.1, -0.05) is 30.3 Å². The van der Waals surface area contributed by atoms with Gasteiger partial charge in [-0.25, -0.2) is 4.98 Å². The van der Waals surface area contributed by atoms with Crippen molar-refractivity contribution in [2.24, 2.45) is 0 Å². The van der Waals surface area contributed by atoms with Crippen molar-refractivity contribution in [3.63, 3.8) is 0 Å². The van der Waals surface area contributed by atoms with Gasteiger partial charge in [-0.15, -0.1) is 0 Å². The monoisotopic (exact) mass is 258 g/mol. The SMILES string of the molecule is COCc1cnc(-c2ccccc2)n(CC=O)c1=O. The summed E-state index contributed by atoms with van der Waals surface area (Å²) in [6.07, 6.45) is 2.18. The van der Waals surface area contributed by atoms with E-state index >= 15 is 0 Å². The first-order chi connectivity index (χ1) is 9.27. The number of hydrogen-bond donors (Lipinski definition) is 0. The first-order valence-electron chi connectivity index (χ1n) is 5.84.